The number of rotatable bonds is 7. The summed E-state index contributed by atoms with van der Waals surface area (Å²) in [6.45, 7) is 9.10. The van der Waals surface area contributed by atoms with Gasteiger partial charge in [0.15, 0.2) is 0 Å². The maximum Gasteiger partial charge on any atom is 0.407 e. The first-order valence-corrected chi connectivity index (χ1v) is 6.89. The molecule has 7 heteroatoms. The first-order chi connectivity index (χ1) is 9.51. The predicted molar refractivity (Wildman–Crippen MR) is 75.8 cm³/mol. The maximum atomic E-state index is 11.5. The molecule has 0 aliphatic rings. The Kier molecular flexibility index (Phi) is 7.76. The highest BCUT2D eigenvalue weighted by molar-refractivity contribution is 5.80. The molecule has 0 aromatic heterocycles. The minimum atomic E-state index is -1.22. The summed E-state index contributed by atoms with van der Waals surface area (Å²) in [7, 11) is 0. The van der Waals surface area contributed by atoms with Crippen molar-refractivity contribution in [2.75, 3.05) is 6.61 Å². The lowest BCUT2D eigenvalue weighted by Gasteiger charge is -2.20. The Morgan fingerprint density at radius 1 is 1.19 bits per heavy atom. The van der Waals surface area contributed by atoms with E-state index >= 15 is 0 Å². The molecule has 0 unspecified atom stereocenters. The van der Waals surface area contributed by atoms with Gasteiger partial charge in [0.05, 0.1) is 6.61 Å². The van der Waals surface area contributed by atoms with E-state index in [4.69, 9.17) is 14.6 Å². The molecule has 122 valence electrons. The minimum absolute atomic E-state index is 0.0545. The summed E-state index contributed by atoms with van der Waals surface area (Å²) in [5, 5.41) is 11.2. The zero-order valence-electron chi connectivity index (χ0n) is 13.3. The lowest BCUT2D eigenvalue weighted by molar-refractivity contribution is -0.155. The fourth-order valence-electron chi connectivity index (χ4n) is 1.34. The number of amides is 1. The van der Waals surface area contributed by atoms with E-state index < -0.39 is 29.7 Å². The second-order valence-corrected chi connectivity index (χ2v) is 6.15. The minimum Gasteiger partial charge on any atom is -0.480 e. The van der Waals surface area contributed by atoms with Crippen LogP contribution in [0.25, 0.3) is 0 Å². The molecule has 0 aliphatic heterocycles. The van der Waals surface area contributed by atoms with Crippen LogP contribution in [0.15, 0.2) is 0 Å². The Balaban J connectivity index is 4.29. The maximum absolute atomic E-state index is 11.5. The number of carboxylic acid groups (broad SMARTS) is 1. The molecule has 0 aromatic carbocycles. The van der Waals surface area contributed by atoms with E-state index in [9.17, 15) is 14.4 Å². The third-order valence-electron chi connectivity index (χ3n) is 2.20. The third-order valence-corrected chi connectivity index (χ3v) is 2.20. The fourth-order valence-corrected chi connectivity index (χ4v) is 1.34. The Hall–Kier alpha value is -1.79. The molecular weight excluding hydrogens is 278 g/mol. The van der Waals surface area contributed by atoms with E-state index in [1.807, 2.05) is 13.8 Å². The fraction of sp³-hybridized carbons (Fsp3) is 0.786. The van der Waals surface area contributed by atoms with Crippen LogP contribution < -0.4 is 5.32 Å². The molecule has 0 saturated heterocycles. The second kappa shape index (κ2) is 8.49. The monoisotopic (exact) mass is 303 g/mol. The third kappa shape index (κ3) is 10.6. The molecule has 7 nitrogen and oxygen atoms in total. The van der Waals surface area contributed by atoms with Crippen LogP contribution in [0.5, 0.6) is 0 Å². The van der Waals surface area contributed by atoms with E-state index in [1.54, 1.807) is 20.8 Å². The van der Waals surface area contributed by atoms with Gasteiger partial charge >= 0.3 is 18.0 Å². The summed E-state index contributed by atoms with van der Waals surface area (Å²) in [6.07, 6.45) is -0.958. The van der Waals surface area contributed by atoms with Gasteiger partial charge in [-0.05, 0) is 33.1 Å². The van der Waals surface area contributed by atoms with E-state index in [-0.39, 0.29) is 25.4 Å². The van der Waals surface area contributed by atoms with E-state index in [1.165, 1.54) is 0 Å². The molecule has 0 spiro atoms. The van der Waals surface area contributed by atoms with Crippen LogP contribution in [-0.4, -0.2) is 41.4 Å². The van der Waals surface area contributed by atoms with Crippen molar-refractivity contribution < 1.29 is 29.0 Å². The quantitative estimate of drug-likeness (QED) is 0.697. The van der Waals surface area contributed by atoms with Crippen molar-refractivity contribution in [1.82, 2.24) is 5.32 Å². The van der Waals surface area contributed by atoms with Crippen molar-refractivity contribution in [1.29, 1.82) is 0 Å². The number of nitrogens with one attached hydrogen (secondary N) is 1. The summed E-state index contributed by atoms with van der Waals surface area (Å²) in [5.74, 6) is -1.58. The van der Waals surface area contributed by atoms with Crippen molar-refractivity contribution in [3.63, 3.8) is 0 Å². The molecule has 0 fully saturated rings. The number of aliphatic carboxylic acids is 1. The summed E-state index contributed by atoms with van der Waals surface area (Å²) in [4.78, 5) is 34.0. The first kappa shape index (κ1) is 19.2. The van der Waals surface area contributed by atoms with Gasteiger partial charge in [0.1, 0.15) is 11.6 Å². The number of ether oxygens (including phenoxy) is 2. The average molecular weight is 303 g/mol. The Morgan fingerprint density at radius 3 is 2.19 bits per heavy atom. The Bertz CT molecular complexity index is 372. The second-order valence-electron chi connectivity index (χ2n) is 6.15. The summed E-state index contributed by atoms with van der Waals surface area (Å²) in [6, 6.07) is -1.18. The molecule has 0 heterocycles. The van der Waals surface area contributed by atoms with Crippen molar-refractivity contribution in [2.45, 2.75) is 59.1 Å². The number of alkyl carbamates (subject to hydrolysis) is 1. The molecule has 1 atom stereocenters. The van der Waals surface area contributed by atoms with Crippen LogP contribution in [0.3, 0.4) is 0 Å². The van der Waals surface area contributed by atoms with Crippen LogP contribution in [0.4, 0.5) is 4.79 Å². The number of hydrogen-bond acceptors (Lipinski definition) is 5. The van der Waals surface area contributed by atoms with Gasteiger partial charge in [-0.2, -0.15) is 0 Å². The highest BCUT2D eigenvalue weighted by Gasteiger charge is 2.23. The van der Waals surface area contributed by atoms with Crippen molar-refractivity contribution in [3.8, 4) is 0 Å². The molecule has 0 aromatic rings. The van der Waals surface area contributed by atoms with E-state index in [0.717, 1.165) is 0 Å². The van der Waals surface area contributed by atoms with Crippen LogP contribution in [-0.2, 0) is 19.1 Å². The molecular formula is C14H25NO6. The van der Waals surface area contributed by atoms with Crippen LogP contribution in [0.1, 0.15) is 47.5 Å². The summed E-state index contributed by atoms with van der Waals surface area (Å²) >= 11 is 0. The SMILES string of the molecule is CC(C)COC(=O)N[C@H](CCC(=O)OC(C)(C)C)C(=O)O. The Morgan fingerprint density at radius 2 is 1.76 bits per heavy atom. The smallest absolute Gasteiger partial charge is 0.407 e. The van der Waals surface area contributed by atoms with E-state index in [0.29, 0.717) is 0 Å². The van der Waals surface area contributed by atoms with Gasteiger partial charge in [-0.1, -0.05) is 13.8 Å². The van der Waals surface area contributed by atoms with Crippen molar-refractivity contribution in [3.05, 3.63) is 0 Å². The van der Waals surface area contributed by atoms with Gasteiger partial charge in [-0.15, -0.1) is 0 Å². The standard InChI is InChI=1S/C14H25NO6/c1-9(2)8-20-13(19)15-10(12(17)18)6-7-11(16)21-14(3,4)5/h9-10H,6-8H2,1-5H3,(H,15,19)(H,17,18)/t10-/m1/s1. The van der Waals surface area contributed by atoms with Gasteiger partial charge in [0, 0.05) is 6.42 Å². The predicted octanol–water partition coefficient (Wildman–Crippen LogP) is 1.94. The highest BCUT2D eigenvalue weighted by atomic mass is 16.6. The van der Waals surface area contributed by atoms with Crippen molar-refractivity contribution >= 4 is 18.0 Å². The van der Waals surface area contributed by atoms with Gasteiger partial charge in [-0.25, -0.2) is 9.59 Å². The summed E-state index contributed by atoms with van der Waals surface area (Å²) in [5.41, 5.74) is -0.626. The molecule has 1 amide bonds. The number of carbonyl (C=O) groups excluding carboxylic acids is 2. The normalized spacial score (nSPS) is 12.7. The average Bonchev–Trinajstić information content (AvgIpc) is 2.29. The number of esters is 1. The molecule has 0 saturated carbocycles. The lowest BCUT2D eigenvalue weighted by Crippen LogP contribution is -2.42. The van der Waals surface area contributed by atoms with Crippen LogP contribution >= 0.6 is 0 Å². The molecule has 21 heavy (non-hydrogen) atoms. The number of hydrogen-bond donors (Lipinski definition) is 2. The van der Waals surface area contributed by atoms with Gasteiger partial charge in [-0.3, -0.25) is 4.79 Å². The molecule has 0 aliphatic carbocycles. The highest BCUT2D eigenvalue weighted by Crippen LogP contribution is 2.10. The zero-order valence-corrected chi connectivity index (χ0v) is 13.3. The zero-order chi connectivity index (χ0) is 16.6. The topological polar surface area (TPSA) is 102 Å². The molecule has 0 rings (SSSR count). The van der Waals surface area contributed by atoms with E-state index in [2.05, 4.69) is 5.32 Å². The number of carbonyl (C=O) groups is 3. The lowest BCUT2D eigenvalue weighted by atomic mass is 10.1. The summed E-state index contributed by atoms with van der Waals surface area (Å²) < 4.78 is 9.92. The molecule has 0 bridgehead atoms. The molecule has 0 radical (unpaired) electrons. The molecule has 2 N–H and O–H groups in total. The van der Waals surface area contributed by atoms with Crippen molar-refractivity contribution in [2.24, 2.45) is 5.92 Å². The van der Waals surface area contributed by atoms with Gasteiger partial charge < -0.3 is 19.9 Å². The number of carboxylic acids is 1. The van der Waals surface area contributed by atoms with Crippen LogP contribution in [0, 0.1) is 5.92 Å². The first-order valence-electron chi connectivity index (χ1n) is 6.89. The largest absolute Gasteiger partial charge is 0.480 e. The van der Waals surface area contributed by atoms with Crippen LogP contribution in [0.2, 0.25) is 0 Å². The van der Waals surface area contributed by atoms with Gasteiger partial charge in [0.2, 0.25) is 0 Å². The van der Waals surface area contributed by atoms with Gasteiger partial charge in [0.25, 0.3) is 0 Å². The Labute approximate surface area is 125 Å².